The van der Waals surface area contributed by atoms with Crippen LogP contribution in [-0.4, -0.2) is 34.7 Å². The fourth-order valence-electron chi connectivity index (χ4n) is 1.98. The molecule has 0 amide bonds. The van der Waals surface area contributed by atoms with Gasteiger partial charge >= 0.3 is 12.0 Å². The van der Waals surface area contributed by atoms with Crippen LogP contribution in [0.15, 0.2) is 0 Å². The maximum atomic E-state index is 5.01. The molecule has 1 N–H and O–H groups in total. The van der Waals surface area contributed by atoms with E-state index >= 15 is 0 Å². The summed E-state index contributed by atoms with van der Waals surface area (Å²) >= 11 is 0. The third-order valence-corrected chi connectivity index (χ3v) is 3.32. The molecule has 0 unspecified atom stereocenters. The van der Waals surface area contributed by atoms with Gasteiger partial charge in [-0.05, 0) is 25.7 Å². The molecule has 1 aliphatic rings. The number of rotatable bonds is 5. The lowest BCUT2D eigenvalue weighted by atomic mass is 9.75. The van der Waals surface area contributed by atoms with Crippen molar-refractivity contribution in [3.63, 3.8) is 0 Å². The smallest absolute Gasteiger partial charge is 0.324 e. The fourth-order valence-corrected chi connectivity index (χ4v) is 1.98. The van der Waals surface area contributed by atoms with Gasteiger partial charge in [-0.25, -0.2) is 0 Å². The van der Waals surface area contributed by atoms with E-state index < -0.39 is 0 Å². The summed E-state index contributed by atoms with van der Waals surface area (Å²) in [5.41, 5.74) is 0.136. The third kappa shape index (κ3) is 2.40. The minimum atomic E-state index is 0.136. The standard InChI is InChI=1S/C11H18N4O2/c1-4-11(6-5-7-11)15-8-12-9(16-2)14-10(13-8)17-3/h4-7H2,1-3H3,(H,12,13,14,15). The quantitative estimate of drug-likeness (QED) is 0.840. The molecule has 0 bridgehead atoms. The van der Waals surface area contributed by atoms with Crippen molar-refractivity contribution in [1.29, 1.82) is 0 Å². The summed E-state index contributed by atoms with van der Waals surface area (Å²) < 4.78 is 10.0. The molecule has 6 nitrogen and oxygen atoms in total. The SMILES string of the molecule is CCC1(Nc2nc(OC)nc(OC)n2)CCC1. The van der Waals surface area contributed by atoms with Crippen molar-refractivity contribution in [2.45, 2.75) is 38.1 Å². The Morgan fingerprint density at radius 2 is 1.71 bits per heavy atom. The molecule has 1 fully saturated rings. The average molecular weight is 238 g/mol. The fraction of sp³-hybridized carbons (Fsp3) is 0.727. The van der Waals surface area contributed by atoms with E-state index in [0.717, 1.165) is 19.3 Å². The highest BCUT2D eigenvalue weighted by molar-refractivity contribution is 5.33. The van der Waals surface area contributed by atoms with Gasteiger partial charge in [0.2, 0.25) is 5.95 Å². The van der Waals surface area contributed by atoms with Gasteiger partial charge in [0.25, 0.3) is 0 Å². The minimum Gasteiger partial charge on any atom is -0.467 e. The van der Waals surface area contributed by atoms with Gasteiger partial charge in [0, 0.05) is 5.54 Å². The second-order valence-corrected chi connectivity index (χ2v) is 4.24. The van der Waals surface area contributed by atoms with E-state index in [-0.39, 0.29) is 17.6 Å². The maximum Gasteiger partial charge on any atom is 0.324 e. The van der Waals surface area contributed by atoms with Crippen molar-refractivity contribution in [1.82, 2.24) is 15.0 Å². The van der Waals surface area contributed by atoms with Crippen LogP contribution in [-0.2, 0) is 0 Å². The van der Waals surface area contributed by atoms with Crippen LogP contribution in [0.2, 0.25) is 0 Å². The Bertz CT molecular complexity index is 365. The summed E-state index contributed by atoms with van der Waals surface area (Å²) in [5.74, 6) is 0.523. The number of anilines is 1. The maximum absolute atomic E-state index is 5.01. The van der Waals surface area contributed by atoms with E-state index in [2.05, 4.69) is 27.2 Å². The van der Waals surface area contributed by atoms with E-state index in [1.165, 1.54) is 20.6 Å². The molecule has 0 spiro atoms. The van der Waals surface area contributed by atoms with Crippen molar-refractivity contribution in [2.75, 3.05) is 19.5 Å². The molecule has 1 saturated carbocycles. The summed E-state index contributed by atoms with van der Waals surface area (Å²) in [6.07, 6.45) is 4.61. The topological polar surface area (TPSA) is 69.2 Å². The van der Waals surface area contributed by atoms with Crippen LogP contribution in [0.1, 0.15) is 32.6 Å². The number of methoxy groups -OCH3 is 2. The Balaban J connectivity index is 2.19. The Morgan fingerprint density at radius 3 is 2.06 bits per heavy atom. The van der Waals surface area contributed by atoms with Gasteiger partial charge in [0.15, 0.2) is 0 Å². The van der Waals surface area contributed by atoms with Crippen LogP contribution >= 0.6 is 0 Å². The van der Waals surface area contributed by atoms with Crippen molar-refractivity contribution in [3.05, 3.63) is 0 Å². The predicted octanol–water partition coefficient (Wildman–Crippen LogP) is 1.63. The van der Waals surface area contributed by atoms with Gasteiger partial charge in [-0.3, -0.25) is 0 Å². The van der Waals surface area contributed by atoms with Crippen LogP contribution in [0, 0.1) is 0 Å². The van der Waals surface area contributed by atoms with E-state index in [1.807, 2.05) is 0 Å². The summed E-state index contributed by atoms with van der Waals surface area (Å²) in [4.78, 5) is 12.3. The molecule has 1 heterocycles. The van der Waals surface area contributed by atoms with Crippen molar-refractivity contribution in [3.8, 4) is 12.0 Å². The molecule has 0 saturated heterocycles. The van der Waals surface area contributed by atoms with Crippen molar-refractivity contribution >= 4 is 5.95 Å². The highest BCUT2D eigenvalue weighted by Gasteiger charge is 2.35. The van der Waals surface area contributed by atoms with Crippen LogP contribution in [0.3, 0.4) is 0 Å². The zero-order valence-electron chi connectivity index (χ0n) is 10.5. The molecule has 2 rings (SSSR count). The predicted molar refractivity (Wildman–Crippen MR) is 63.4 cm³/mol. The molecular weight excluding hydrogens is 220 g/mol. The lowest BCUT2D eigenvalue weighted by Gasteiger charge is -2.41. The first-order valence-electron chi connectivity index (χ1n) is 5.83. The first kappa shape index (κ1) is 11.9. The first-order valence-corrected chi connectivity index (χ1v) is 5.83. The van der Waals surface area contributed by atoms with Gasteiger partial charge in [0.05, 0.1) is 14.2 Å². The molecule has 0 aliphatic heterocycles. The Labute approximate surface area is 101 Å². The molecule has 6 heteroatoms. The lowest BCUT2D eigenvalue weighted by molar-refractivity contribution is 0.266. The molecule has 0 radical (unpaired) electrons. The largest absolute Gasteiger partial charge is 0.467 e. The second-order valence-electron chi connectivity index (χ2n) is 4.24. The highest BCUT2D eigenvalue weighted by Crippen LogP contribution is 2.37. The van der Waals surface area contributed by atoms with E-state index in [0.29, 0.717) is 5.95 Å². The van der Waals surface area contributed by atoms with Crippen LogP contribution in [0.25, 0.3) is 0 Å². The van der Waals surface area contributed by atoms with Gasteiger partial charge in [-0.1, -0.05) is 6.92 Å². The summed E-state index contributed by atoms with van der Waals surface area (Å²) in [7, 11) is 3.05. The number of nitrogens with zero attached hydrogens (tertiary/aromatic N) is 3. The van der Waals surface area contributed by atoms with Crippen LogP contribution < -0.4 is 14.8 Å². The van der Waals surface area contributed by atoms with Gasteiger partial charge in [-0.2, -0.15) is 9.97 Å². The van der Waals surface area contributed by atoms with Crippen molar-refractivity contribution in [2.24, 2.45) is 0 Å². The lowest BCUT2D eigenvalue weighted by Crippen LogP contribution is -2.44. The number of nitrogens with one attached hydrogen (secondary N) is 1. The molecule has 1 aromatic rings. The Hall–Kier alpha value is -1.59. The normalized spacial score (nSPS) is 17.1. The molecule has 1 aliphatic carbocycles. The van der Waals surface area contributed by atoms with Gasteiger partial charge < -0.3 is 14.8 Å². The molecule has 94 valence electrons. The zero-order chi connectivity index (χ0) is 12.3. The van der Waals surface area contributed by atoms with Gasteiger partial charge in [-0.15, -0.1) is 4.98 Å². The number of hydrogen-bond acceptors (Lipinski definition) is 6. The molecular formula is C11H18N4O2. The Kier molecular flexibility index (Phi) is 3.31. The highest BCUT2D eigenvalue weighted by atomic mass is 16.5. The van der Waals surface area contributed by atoms with Crippen molar-refractivity contribution < 1.29 is 9.47 Å². The molecule has 1 aromatic heterocycles. The zero-order valence-corrected chi connectivity index (χ0v) is 10.5. The van der Waals surface area contributed by atoms with E-state index in [4.69, 9.17) is 9.47 Å². The number of hydrogen-bond donors (Lipinski definition) is 1. The molecule has 0 atom stereocenters. The number of ether oxygens (including phenoxy) is 2. The molecule has 17 heavy (non-hydrogen) atoms. The first-order chi connectivity index (χ1) is 8.21. The average Bonchev–Trinajstić information content (AvgIpc) is 2.33. The third-order valence-electron chi connectivity index (χ3n) is 3.32. The summed E-state index contributed by atoms with van der Waals surface area (Å²) in [6, 6.07) is 0.537. The second kappa shape index (κ2) is 4.73. The minimum absolute atomic E-state index is 0.136. The summed E-state index contributed by atoms with van der Waals surface area (Å²) in [6.45, 7) is 2.17. The molecule has 0 aromatic carbocycles. The van der Waals surface area contributed by atoms with E-state index in [1.54, 1.807) is 0 Å². The van der Waals surface area contributed by atoms with Gasteiger partial charge in [0.1, 0.15) is 0 Å². The Morgan fingerprint density at radius 1 is 1.12 bits per heavy atom. The number of aromatic nitrogens is 3. The summed E-state index contributed by atoms with van der Waals surface area (Å²) in [5, 5.41) is 3.37. The van der Waals surface area contributed by atoms with Crippen LogP contribution in [0.5, 0.6) is 12.0 Å². The van der Waals surface area contributed by atoms with E-state index in [9.17, 15) is 0 Å². The van der Waals surface area contributed by atoms with Crippen LogP contribution in [0.4, 0.5) is 5.95 Å². The monoisotopic (exact) mass is 238 g/mol.